The Morgan fingerprint density at radius 2 is 1.96 bits per heavy atom. The SMILES string of the molecule is N#Cc1c(NC(=S)NC(=O)c2ccc(Br)cc2)sc2c1CCCC2. The molecule has 4 nitrogen and oxygen atoms in total. The Balaban J connectivity index is 1.71. The lowest BCUT2D eigenvalue weighted by Gasteiger charge is -2.10. The van der Waals surface area contributed by atoms with Gasteiger partial charge < -0.3 is 5.32 Å². The number of halogens is 1. The van der Waals surface area contributed by atoms with Crippen molar-refractivity contribution >= 4 is 55.5 Å². The van der Waals surface area contributed by atoms with Crippen LogP contribution in [0.2, 0.25) is 0 Å². The van der Waals surface area contributed by atoms with E-state index in [-0.39, 0.29) is 11.0 Å². The fourth-order valence-corrected chi connectivity index (χ4v) is 4.45. The number of benzene rings is 1. The number of hydrogen-bond donors (Lipinski definition) is 2. The largest absolute Gasteiger partial charge is 0.323 e. The van der Waals surface area contributed by atoms with Gasteiger partial charge in [-0.25, -0.2) is 0 Å². The second-order valence-electron chi connectivity index (χ2n) is 5.44. The summed E-state index contributed by atoms with van der Waals surface area (Å²) in [5.74, 6) is -0.278. The maximum Gasteiger partial charge on any atom is 0.257 e. The van der Waals surface area contributed by atoms with E-state index in [2.05, 4.69) is 32.6 Å². The molecule has 0 bridgehead atoms. The molecule has 0 radical (unpaired) electrons. The van der Waals surface area contributed by atoms with Gasteiger partial charge in [-0.15, -0.1) is 11.3 Å². The van der Waals surface area contributed by atoms with Crippen LogP contribution in [-0.2, 0) is 12.8 Å². The second kappa shape index (κ2) is 7.43. The van der Waals surface area contributed by atoms with Gasteiger partial charge in [-0.2, -0.15) is 5.26 Å². The van der Waals surface area contributed by atoms with Crippen molar-refractivity contribution in [1.29, 1.82) is 5.26 Å². The molecule has 0 unspecified atom stereocenters. The molecule has 1 amide bonds. The van der Waals surface area contributed by atoms with Crippen LogP contribution in [0.25, 0.3) is 0 Å². The fraction of sp³-hybridized carbons (Fsp3) is 0.235. The van der Waals surface area contributed by atoms with Crippen LogP contribution in [-0.4, -0.2) is 11.0 Å². The summed E-state index contributed by atoms with van der Waals surface area (Å²) >= 11 is 10.1. The predicted molar refractivity (Wildman–Crippen MR) is 104 cm³/mol. The number of nitrogens with zero attached hydrogens (tertiary/aromatic N) is 1. The van der Waals surface area contributed by atoms with Gasteiger partial charge in [-0.05, 0) is 67.7 Å². The Kier molecular flexibility index (Phi) is 5.29. The third-order valence-electron chi connectivity index (χ3n) is 3.84. The van der Waals surface area contributed by atoms with Crippen LogP contribution in [0.4, 0.5) is 5.00 Å². The number of hydrogen-bond acceptors (Lipinski definition) is 4. The van der Waals surface area contributed by atoms with Gasteiger partial charge in [0, 0.05) is 14.9 Å². The highest BCUT2D eigenvalue weighted by atomic mass is 79.9. The second-order valence-corrected chi connectivity index (χ2v) is 7.87. The molecule has 0 fully saturated rings. The van der Waals surface area contributed by atoms with Crippen molar-refractivity contribution in [3.8, 4) is 6.07 Å². The van der Waals surface area contributed by atoms with Crippen molar-refractivity contribution in [3.63, 3.8) is 0 Å². The van der Waals surface area contributed by atoms with Gasteiger partial charge in [0.2, 0.25) is 0 Å². The fourth-order valence-electron chi connectivity index (χ4n) is 2.68. The van der Waals surface area contributed by atoms with E-state index < -0.39 is 0 Å². The molecule has 2 N–H and O–H groups in total. The van der Waals surface area contributed by atoms with E-state index >= 15 is 0 Å². The van der Waals surface area contributed by atoms with Gasteiger partial charge in [0.1, 0.15) is 11.1 Å². The molecule has 0 saturated heterocycles. The van der Waals surface area contributed by atoms with Crippen LogP contribution in [0, 0.1) is 11.3 Å². The van der Waals surface area contributed by atoms with Crippen molar-refractivity contribution in [2.45, 2.75) is 25.7 Å². The summed E-state index contributed by atoms with van der Waals surface area (Å²) < 4.78 is 0.905. The van der Waals surface area contributed by atoms with E-state index in [9.17, 15) is 10.1 Å². The monoisotopic (exact) mass is 419 g/mol. The van der Waals surface area contributed by atoms with E-state index in [1.165, 1.54) is 4.88 Å². The highest BCUT2D eigenvalue weighted by molar-refractivity contribution is 9.10. The Morgan fingerprint density at radius 3 is 2.67 bits per heavy atom. The van der Waals surface area contributed by atoms with Gasteiger partial charge >= 0.3 is 0 Å². The minimum absolute atomic E-state index is 0.206. The minimum Gasteiger partial charge on any atom is -0.323 e. The van der Waals surface area contributed by atoms with E-state index in [1.807, 2.05) is 0 Å². The average molecular weight is 420 g/mol. The molecule has 1 aromatic heterocycles. The van der Waals surface area contributed by atoms with Crippen LogP contribution in [0.15, 0.2) is 28.7 Å². The highest BCUT2D eigenvalue weighted by Gasteiger charge is 2.21. The van der Waals surface area contributed by atoms with Gasteiger partial charge in [0.05, 0.1) is 5.56 Å². The summed E-state index contributed by atoms with van der Waals surface area (Å²) in [5.41, 5.74) is 2.32. The number of aryl methyl sites for hydroxylation is 1. The van der Waals surface area contributed by atoms with Crippen LogP contribution >= 0.6 is 39.5 Å². The third-order valence-corrected chi connectivity index (χ3v) is 5.78. The average Bonchev–Trinajstić information content (AvgIpc) is 2.92. The maximum absolute atomic E-state index is 12.2. The number of anilines is 1. The molecule has 122 valence electrons. The topological polar surface area (TPSA) is 64.9 Å². The molecule has 1 aromatic carbocycles. The predicted octanol–water partition coefficient (Wildman–Crippen LogP) is 4.39. The first-order chi connectivity index (χ1) is 11.6. The van der Waals surface area contributed by atoms with E-state index in [1.54, 1.807) is 35.6 Å². The molecule has 7 heteroatoms. The molecule has 0 atom stereocenters. The van der Waals surface area contributed by atoms with Crippen molar-refractivity contribution in [2.75, 3.05) is 5.32 Å². The summed E-state index contributed by atoms with van der Waals surface area (Å²) in [6.45, 7) is 0. The first kappa shape index (κ1) is 17.1. The Hall–Kier alpha value is -1.75. The van der Waals surface area contributed by atoms with Gasteiger partial charge in [0.15, 0.2) is 5.11 Å². The van der Waals surface area contributed by atoms with E-state index in [0.717, 1.165) is 40.7 Å². The summed E-state index contributed by atoms with van der Waals surface area (Å²) in [6.07, 6.45) is 4.22. The number of carbonyl (C=O) groups is 1. The zero-order valence-corrected chi connectivity index (χ0v) is 15.9. The summed E-state index contributed by atoms with van der Waals surface area (Å²) in [5, 5.41) is 16.1. The molecular weight excluding hydrogens is 406 g/mol. The summed E-state index contributed by atoms with van der Waals surface area (Å²) in [4.78, 5) is 13.4. The molecular formula is C17H14BrN3OS2. The number of amides is 1. The number of thiophene rings is 1. The quantitative estimate of drug-likeness (QED) is 0.708. The van der Waals surface area contributed by atoms with Gasteiger partial charge in [0.25, 0.3) is 5.91 Å². The molecule has 1 heterocycles. The van der Waals surface area contributed by atoms with Crippen LogP contribution in [0.5, 0.6) is 0 Å². The zero-order chi connectivity index (χ0) is 17.1. The summed E-state index contributed by atoms with van der Waals surface area (Å²) in [7, 11) is 0. The number of nitrogens with one attached hydrogen (secondary N) is 2. The molecule has 1 aliphatic carbocycles. The van der Waals surface area contributed by atoms with Crippen LogP contribution in [0.3, 0.4) is 0 Å². The lowest BCUT2D eigenvalue weighted by atomic mass is 9.96. The number of thiocarbonyl (C=S) groups is 1. The van der Waals surface area contributed by atoms with Crippen molar-refractivity contribution in [2.24, 2.45) is 0 Å². The zero-order valence-electron chi connectivity index (χ0n) is 12.7. The third kappa shape index (κ3) is 3.66. The lowest BCUT2D eigenvalue weighted by molar-refractivity contribution is 0.0977. The molecule has 2 aromatic rings. The van der Waals surface area contributed by atoms with Crippen molar-refractivity contribution < 1.29 is 4.79 Å². The molecule has 24 heavy (non-hydrogen) atoms. The first-order valence-electron chi connectivity index (χ1n) is 7.51. The van der Waals surface area contributed by atoms with Gasteiger partial charge in [-0.1, -0.05) is 15.9 Å². The standard InChI is InChI=1S/C17H14BrN3OS2/c18-11-7-5-10(6-8-11)15(22)20-17(23)21-16-13(9-19)12-3-1-2-4-14(12)24-16/h5-8H,1-4H2,(H2,20,21,22,23). The van der Waals surface area contributed by atoms with Gasteiger partial charge in [-0.3, -0.25) is 10.1 Å². The lowest BCUT2D eigenvalue weighted by Crippen LogP contribution is -2.34. The number of carbonyl (C=O) groups excluding carboxylic acids is 1. The number of rotatable bonds is 2. The first-order valence-corrected chi connectivity index (χ1v) is 9.53. The smallest absolute Gasteiger partial charge is 0.257 e. The molecule has 3 rings (SSSR count). The van der Waals surface area contributed by atoms with E-state index in [4.69, 9.17) is 12.2 Å². The Morgan fingerprint density at radius 1 is 1.25 bits per heavy atom. The van der Waals surface area contributed by atoms with Crippen LogP contribution < -0.4 is 10.6 Å². The molecule has 0 saturated carbocycles. The highest BCUT2D eigenvalue weighted by Crippen LogP contribution is 2.37. The van der Waals surface area contributed by atoms with Crippen LogP contribution in [0.1, 0.15) is 39.2 Å². The van der Waals surface area contributed by atoms with Crippen molar-refractivity contribution in [3.05, 3.63) is 50.3 Å². The molecule has 0 spiro atoms. The number of nitriles is 1. The maximum atomic E-state index is 12.2. The Bertz CT molecular complexity index is 837. The number of fused-ring (bicyclic) bond motifs is 1. The normalized spacial score (nSPS) is 12.8. The summed E-state index contributed by atoms with van der Waals surface area (Å²) in [6, 6.07) is 9.30. The molecule has 0 aliphatic heterocycles. The minimum atomic E-state index is -0.278. The Labute approximate surface area is 158 Å². The molecule has 1 aliphatic rings. The van der Waals surface area contributed by atoms with E-state index in [0.29, 0.717) is 11.1 Å². The van der Waals surface area contributed by atoms with Crippen molar-refractivity contribution in [1.82, 2.24) is 5.32 Å².